The molecule has 94 valence electrons. The summed E-state index contributed by atoms with van der Waals surface area (Å²) in [5.41, 5.74) is 1.43. The number of nitrogens with zero attached hydrogens (tertiary/aromatic N) is 3. The quantitative estimate of drug-likeness (QED) is 0.653. The first-order chi connectivity index (χ1) is 8.61. The Balaban J connectivity index is 2.41. The van der Waals surface area contributed by atoms with Crippen molar-refractivity contribution in [1.82, 2.24) is 15.5 Å². The molecule has 0 bridgehead atoms. The second kappa shape index (κ2) is 4.92. The van der Waals surface area contributed by atoms with Gasteiger partial charge in [0.05, 0.1) is 11.5 Å². The van der Waals surface area contributed by atoms with Crippen molar-refractivity contribution in [1.29, 1.82) is 0 Å². The van der Waals surface area contributed by atoms with Crippen LogP contribution in [0, 0.1) is 17.0 Å². The van der Waals surface area contributed by atoms with Gasteiger partial charge in [-0.15, -0.1) is 10.2 Å². The number of rotatable bonds is 4. The summed E-state index contributed by atoms with van der Waals surface area (Å²) >= 11 is 0. The molecule has 0 atom stereocenters. The van der Waals surface area contributed by atoms with Gasteiger partial charge in [-0.2, -0.15) is 0 Å². The van der Waals surface area contributed by atoms with Gasteiger partial charge < -0.3 is 9.73 Å². The number of nitro benzene ring substituents is 1. The summed E-state index contributed by atoms with van der Waals surface area (Å²) in [7, 11) is 1.77. The number of nitro groups is 1. The molecule has 0 saturated heterocycles. The average molecular weight is 248 g/mol. The second-order valence-corrected chi connectivity index (χ2v) is 3.79. The summed E-state index contributed by atoms with van der Waals surface area (Å²) in [6.07, 6.45) is 0. The fraction of sp³-hybridized carbons (Fsp3) is 0.273. The van der Waals surface area contributed by atoms with Crippen LogP contribution in [0.2, 0.25) is 0 Å². The lowest BCUT2D eigenvalue weighted by Gasteiger charge is -2.00. The fourth-order valence-corrected chi connectivity index (χ4v) is 1.54. The van der Waals surface area contributed by atoms with Gasteiger partial charge in [-0.1, -0.05) is 6.07 Å². The molecule has 0 radical (unpaired) electrons. The minimum atomic E-state index is -0.451. The van der Waals surface area contributed by atoms with Crippen LogP contribution < -0.4 is 5.32 Å². The van der Waals surface area contributed by atoms with E-state index in [1.807, 2.05) is 6.92 Å². The van der Waals surface area contributed by atoms with Crippen LogP contribution in [0.3, 0.4) is 0 Å². The standard InChI is InChI=1S/C11H12N4O3/c1-7-3-4-8(15(16)17)5-9(7)11-14-13-10(18-11)6-12-2/h3-5,12H,6H2,1-2H3. The second-order valence-electron chi connectivity index (χ2n) is 3.79. The zero-order chi connectivity index (χ0) is 13.1. The Morgan fingerprint density at radius 2 is 2.22 bits per heavy atom. The monoisotopic (exact) mass is 248 g/mol. The Kier molecular flexibility index (Phi) is 3.33. The first-order valence-corrected chi connectivity index (χ1v) is 5.34. The Bertz CT molecular complexity index is 579. The van der Waals surface area contributed by atoms with E-state index >= 15 is 0 Å². The first kappa shape index (κ1) is 12.2. The molecule has 0 unspecified atom stereocenters. The molecule has 18 heavy (non-hydrogen) atoms. The van der Waals surface area contributed by atoms with Gasteiger partial charge in [0.25, 0.3) is 5.69 Å². The van der Waals surface area contributed by atoms with Gasteiger partial charge in [-0.25, -0.2) is 0 Å². The maximum atomic E-state index is 10.7. The summed E-state index contributed by atoms with van der Waals surface area (Å²) < 4.78 is 5.42. The van der Waals surface area contributed by atoms with E-state index < -0.39 is 4.92 Å². The average Bonchev–Trinajstić information content (AvgIpc) is 2.78. The van der Waals surface area contributed by atoms with Crippen molar-refractivity contribution in [3.05, 3.63) is 39.8 Å². The maximum Gasteiger partial charge on any atom is 0.270 e. The molecule has 1 aromatic carbocycles. The van der Waals surface area contributed by atoms with Crippen molar-refractivity contribution in [2.75, 3.05) is 7.05 Å². The van der Waals surface area contributed by atoms with Crippen molar-refractivity contribution in [2.24, 2.45) is 0 Å². The number of hydrogen-bond donors (Lipinski definition) is 1. The summed E-state index contributed by atoms with van der Waals surface area (Å²) in [5.74, 6) is 0.736. The number of nitrogens with one attached hydrogen (secondary N) is 1. The zero-order valence-electron chi connectivity index (χ0n) is 10.0. The van der Waals surface area contributed by atoms with E-state index in [4.69, 9.17) is 4.42 Å². The number of aryl methyl sites for hydroxylation is 1. The Labute approximate surface area is 103 Å². The van der Waals surface area contributed by atoms with E-state index in [1.54, 1.807) is 13.1 Å². The van der Waals surface area contributed by atoms with Crippen molar-refractivity contribution >= 4 is 5.69 Å². The van der Waals surface area contributed by atoms with E-state index in [-0.39, 0.29) is 5.69 Å². The predicted octanol–water partition coefficient (Wildman–Crippen LogP) is 1.67. The fourth-order valence-electron chi connectivity index (χ4n) is 1.54. The highest BCUT2D eigenvalue weighted by Gasteiger charge is 2.15. The maximum absolute atomic E-state index is 10.7. The van der Waals surface area contributed by atoms with Crippen LogP contribution in [-0.2, 0) is 6.54 Å². The molecule has 1 heterocycles. The van der Waals surface area contributed by atoms with Crippen LogP contribution in [-0.4, -0.2) is 22.2 Å². The van der Waals surface area contributed by atoms with Crippen LogP contribution >= 0.6 is 0 Å². The molecule has 0 fully saturated rings. The Morgan fingerprint density at radius 1 is 1.44 bits per heavy atom. The smallest absolute Gasteiger partial charge is 0.270 e. The van der Waals surface area contributed by atoms with Gasteiger partial charge >= 0.3 is 0 Å². The Morgan fingerprint density at radius 3 is 2.89 bits per heavy atom. The van der Waals surface area contributed by atoms with Gasteiger partial charge in [0.15, 0.2) is 0 Å². The highest BCUT2D eigenvalue weighted by molar-refractivity contribution is 5.62. The summed E-state index contributed by atoms with van der Waals surface area (Å²) in [6, 6.07) is 4.55. The van der Waals surface area contributed by atoms with Gasteiger partial charge in [0, 0.05) is 17.7 Å². The van der Waals surface area contributed by atoms with Crippen molar-refractivity contribution in [3.63, 3.8) is 0 Å². The molecule has 2 rings (SSSR count). The lowest BCUT2D eigenvalue weighted by molar-refractivity contribution is -0.384. The van der Waals surface area contributed by atoms with Gasteiger partial charge in [-0.3, -0.25) is 10.1 Å². The molecule has 0 amide bonds. The number of benzene rings is 1. The van der Waals surface area contributed by atoms with E-state index in [1.165, 1.54) is 12.1 Å². The van der Waals surface area contributed by atoms with Crippen LogP contribution in [0.5, 0.6) is 0 Å². The minimum Gasteiger partial charge on any atom is -0.419 e. The lowest BCUT2D eigenvalue weighted by atomic mass is 10.1. The molecule has 0 spiro atoms. The molecule has 1 aromatic heterocycles. The van der Waals surface area contributed by atoms with Crippen LogP contribution in [0.4, 0.5) is 5.69 Å². The highest BCUT2D eigenvalue weighted by atomic mass is 16.6. The minimum absolute atomic E-state index is 0.00367. The third kappa shape index (κ3) is 2.35. The van der Waals surface area contributed by atoms with Crippen LogP contribution in [0.25, 0.3) is 11.5 Å². The molecule has 0 saturated carbocycles. The topological polar surface area (TPSA) is 94.1 Å². The third-order valence-electron chi connectivity index (χ3n) is 2.46. The zero-order valence-corrected chi connectivity index (χ0v) is 10.0. The molecule has 7 nitrogen and oxygen atoms in total. The largest absolute Gasteiger partial charge is 0.419 e. The summed E-state index contributed by atoms with van der Waals surface area (Å²) in [5, 5.41) is 21.4. The van der Waals surface area contributed by atoms with Crippen molar-refractivity contribution in [3.8, 4) is 11.5 Å². The number of non-ortho nitro benzene ring substituents is 1. The van der Waals surface area contributed by atoms with Crippen LogP contribution in [0.1, 0.15) is 11.5 Å². The SMILES string of the molecule is CNCc1nnc(-c2cc([N+](=O)[O-])ccc2C)o1. The normalized spacial score (nSPS) is 10.6. The molecule has 0 aliphatic rings. The van der Waals surface area contributed by atoms with Crippen LogP contribution in [0.15, 0.2) is 22.6 Å². The van der Waals surface area contributed by atoms with Gasteiger partial charge in [0.1, 0.15) is 0 Å². The molecule has 2 aromatic rings. The van der Waals surface area contributed by atoms with Gasteiger partial charge in [-0.05, 0) is 19.5 Å². The van der Waals surface area contributed by atoms with E-state index in [2.05, 4.69) is 15.5 Å². The van der Waals surface area contributed by atoms with E-state index in [0.717, 1.165) is 5.56 Å². The number of hydrogen-bond acceptors (Lipinski definition) is 6. The lowest BCUT2D eigenvalue weighted by Crippen LogP contribution is -2.04. The Hall–Kier alpha value is -2.28. The highest BCUT2D eigenvalue weighted by Crippen LogP contribution is 2.26. The molecule has 0 aliphatic heterocycles. The predicted molar refractivity (Wildman–Crippen MR) is 63.9 cm³/mol. The third-order valence-corrected chi connectivity index (χ3v) is 2.46. The van der Waals surface area contributed by atoms with E-state index in [9.17, 15) is 10.1 Å². The first-order valence-electron chi connectivity index (χ1n) is 5.34. The molecule has 7 heteroatoms. The summed E-state index contributed by atoms with van der Waals surface area (Å²) in [4.78, 5) is 10.3. The summed E-state index contributed by atoms with van der Waals surface area (Å²) in [6.45, 7) is 2.29. The number of aromatic nitrogens is 2. The molecular weight excluding hydrogens is 236 g/mol. The van der Waals surface area contributed by atoms with Gasteiger partial charge in [0.2, 0.25) is 11.8 Å². The molecule has 1 N–H and O–H groups in total. The van der Waals surface area contributed by atoms with Crippen molar-refractivity contribution in [2.45, 2.75) is 13.5 Å². The molecule has 0 aliphatic carbocycles. The molecular formula is C11H12N4O3. The van der Waals surface area contributed by atoms with Crippen molar-refractivity contribution < 1.29 is 9.34 Å². The van der Waals surface area contributed by atoms with E-state index in [0.29, 0.717) is 23.9 Å².